The van der Waals surface area contributed by atoms with Crippen molar-refractivity contribution in [1.82, 2.24) is 44.8 Å². The molecular weight excluding hydrogens is 662 g/mol. The van der Waals surface area contributed by atoms with E-state index in [1.54, 1.807) is 35.0 Å². The Morgan fingerprint density at radius 1 is 0.959 bits per heavy atom. The summed E-state index contributed by atoms with van der Waals surface area (Å²) in [5.74, 6) is -5.49. The summed E-state index contributed by atoms with van der Waals surface area (Å²) in [6, 6.07) is -1.25. The van der Waals surface area contributed by atoms with Crippen molar-refractivity contribution < 1.29 is 35.4 Å². The molecule has 4 heterocycles. The molecule has 2 fully saturated rings. The number of carbonyl (C=O) groups is 1. The van der Waals surface area contributed by atoms with E-state index in [0.29, 0.717) is 43.8 Å². The zero-order valence-corrected chi connectivity index (χ0v) is 27.3. The van der Waals surface area contributed by atoms with Gasteiger partial charge in [-0.15, -0.1) is 0 Å². The third-order valence-corrected chi connectivity index (χ3v) is 9.01. The van der Waals surface area contributed by atoms with Crippen molar-refractivity contribution in [2.45, 2.75) is 75.5 Å². The van der Waals surface area contributed by atoms with Gasteiger partial charge in [0.15, 0.2) is 5.82 Å². The van der Waals surface area contributed by atoms with Gasteiger partial charge in [-0.25, -0.2) is 19.7 Å². The van der Waals surface area contributed by atoms with Crippen LogP contribution in [0.3, 0.4) is 0 Å². The highest BCUT2D eigenvalue weighted by atomic mass is 35.5. The van der Waals surface area contributed by atoms with Gasteiger partial charge in [-0.2, -0.15) is 10.2 Å². The predicted octanol–water partition coefficient (Wildman–Crippen LogP) is 0.641. The second-order valence-corrected chi connectivity index (χ2v) is 13.0. The summed E-state index contributed by atoms with van der Waals surface area (Å²) in [6.45, 7) is -0.178. The summed E-state index contributed by atoms with van der Waals surface area (Å²) in [7, 11) is 1.78. The largest absolute Gasteiger partial charge is 0.351 e. The number of hydrogen-bond acceptors (Lipinski definition) is 14. The van der Waals surface area contributed by atoms with Crippen LogP contribution in [-0.2, 0) is 19.6 Å². The number of urea groups is 1. The third kappa shape index (κ3) is 8.30. The average Bonchev–Trinajstić information content (AvgIpc) is 3.63. The van der Waals surface area contributed by atoms with Crippen LogP contribution in [0, 0.1) is 5.92 Å². The Hall–Kier alpha value is -4.30. The van der Waals surface area contributed by atoms with Gasteiger partial charge in [0, 0.05) is 49.8 Å². The van der Waals surface area contributed by atoms with Gasteiger partial charge >= 0.3 is 12.0 Å². The van der Waals surface area contributed by atoms with Crippen LogP contribution in [0.1, 0.15) is 50.5 Å². The van der Waals surface area contributed by atoms with Crippen LogP contribution in [0.2, 0.25) is 5.02 Å². The molecule has 0 aliphatic heterocycles. The Bertz CT molecular complexity index is 1760. The van der Waals surface area contributed by atoms with E-state index in [1.807, 2.05) is 0 Å². The van der Waals surface area contributed by atoms with Gasteiger partial charge in [0.1, 0.15) is 17.9 Å². The number of hydrogen-bond donors (Lipinski definition) is 8. The number of aliphatic hydroxyl groups is 6. The fourth-order valence-corrected chi connectivity index (χ4v) is 6.25. The molecular formula is C30H38ClN11O7. The number of nitrogens with zero attached hydrogens (tertiary/aromatic N) is 9. The molecule has 0 aromatic carbocycles. The van der Waals surface area contributed by atoms with Crippen molar-refractivity contribution in [2.75, 3.05) is 16.8 Å². The summed E-state index contributed by atoms with van der Waals surface area (Å²) in [5.41, 5.74) is 1.03. The first-order valence-electron chi connectivity index (χ1n) is 15.8. The van der Waals surface area contributed by atoms with Gasteiger partial charge < -0.3 is 41.3 Å². The summed E-state index contributed by atoms with van der Waals surface area (Å²) in [5, 5.41) is 72.7. The summed E-state index contributed by atoms with van der Waals surface area (Å²) in [6.07, 6.45) is 14.5. The number of anilines is 2. The van der Waals surface area contributed by atoms with E-state index in [2.05, 4.69) is 40.8 Å². The molecule has 2 saturated carbocycles. The van der Waals surface area contributed by atoms with Crippen LogP contribution >= 0.6 is 11.6 Å². The minimum absolute atomic E-state index is 0.0417. The SMILES string of the molecule is Cn1cc(-c2cnc(N(C(=O)NCC(O)(O)O)[C@H]3CC[C@H](Nc4ncc(C(O)(O)O)c(-c5nn(CC6CCC6)cc5Cl)n4)CC3)cn2)cn1. The van der Waals surface area contributed by atoms with Gasteiger partial charge in [0.05, 0.1) is 34.9 Å². The lowest BCUT2D eigenvalue weighted by atomic mass is 9.85. The molecule has 4 aromatic heterocycles. The molecule has 262 valence electrons. The fourth-order valence-electron chi connectivity index (χ4n) is 6.01. The highest BCUT2D eigenvalue weighted by Gasteiger charge is 2.34. The van der Waals surface area contributed by atoms with Crippen molar-refractivity contribution in [3.8, 4) is 22.6 Å². The summed E-state index contributed by atoms with van der Waals surface area (Å²) in [4.78, 5) is 32.2. The topological polar surface area (TPSA) is 253 Å². The molecule has 0 bridgehead atoms. The van der Waals surface area contributed by atoms with Gasteiger partial charge in [-0.1, -0.05) is 18.0 Å². The van der Waals surface area contributed by atoms with E-state index in [1.165, 1.54) is 23.7 Å². The maximum absolute atomic E-state index is 13.3. The van der Waals surface area contributed by atoms with Crippen LogP contribution in [0.5, 0.6) is 0 Å². The van der Waals surface area contributed by atoms with Crippen molar-refractivity contribution in [3.05, 3.63) is 47.8 Å². The number of amides is 2. The second-order valence-electron chi connectivity index (χ2n) is 12.6. The number of carbonyl (C=O) groups excluding carboxylic acids is 1. The van der Waals surface area contributed by atoms with Crippen molar-refractivity contribution in [1.29, 1.82) is 0 Å². The monoisotopic (exact) mass is 699 g/mol. The van der Waals surface area contributed by atoms with Gasteiger partial charge in [0.2, 0.25) is 5.95 Å². The molecule has 0 saturated heterocycles. The van der Waals surface area contributed by atoms with E-state index in [-0.39, 0.29) is 45.8 Å². The van der Waals surface area contributed by atoms with E-state index >= 15 is 0 Å². The van der Waals surface area contributed by atoms with Crippen LogP contribution in [0.15, 0.2) is 37.2 Å². The Balaban J connectivity index is 1.17. The highest BCUT2D eigenvalue weighted by Crippen LogP contribution is 2.35. The quantitative estimate of drug-likeness (QED) is 0.100. The number of halogens is 1. The minimum Gasteiger partial charge on any atom is -0.351 e. The first-order valence-corrected chi connectivity index (χ1v) is 16.2. The van der Waals surface area contributed by atoms with Crippen molar-refractivity contribution in [2.24, 2.45) is 13.0 Å². The van der Waals surface area contributed by atoms with Crippen molar-refractivity contribution >= 4 is 29.4 Å². The average molecular weight is 700 g/mol. The number of rotatable bonds is 11. The molecule has 19 heteroatoms. The molecule has 2 aliphatic carbocycles. The molecule has 0 atom stereocenters. The third-order valence-electron chi connectivity index (χ3n) is 8.74. The maximum Gasteiger partial charge on any atom is 0.323 e. The Morgan fingerprint density at radius 2 is 1.71 bits per heavy atom. The van der Waals surface area contributed by atoms with E-state index in [4.69, 9.17) is 11.6 Å². The molecule has 0 radical (unpaired) electrons. The molecule has 49 heavy (non-hydrogen) atoms. The van der Waals surface area contributed by atoms with Gasteiger partial charge in [-0.05, 0) is 44.4 Å². The Labute approximate surface area is 285 Å². The zero-order chi connectivity index (χ0) is 34.9. The number of nitrogens with one attached hydrogen (secondary N) is 2. The summed E-state index contributed by atoms with van der Waals surface area (Å²) < 4.78 is 3.32. The van der Waals surface area contributed by atoms with Gasteiger partial charge in [0.25, 0.3) is 5.97 Å². The van der Waals surface area contributed by atoms with Crippen molar-refractivity contribution in [3.63, 3.8) is 0 Å². The Kier molecular flexibility index (Phi) is 9.81. The molecule has 18 nitrogen and oxygen atoms in total. The Morgan fingerprint density at radius 3 is 2.31 bits per heavy atom. The maximum atomic E-state index is 13.3. The number of aryl methyl sites for hydroxylation is 1. The first-order chi connectivity index (χ1) is 23.2. The van der Waals surface area contributed by atoms with Gasteiger partial charge in [-0.3, -0.25) is 19.2 Å². The summed E-state index contributed by atoms with van der Waals surface area (Å²) >= 11 is 6.50. The van der Waals surface area contributed by atoms with Crippen LogP contribution < -0.4 is 15.5 Å². The first kappa shape index (κ1) is 34.6. The zero-order valence-electron chi connectivity index (χ0n) is 26.6. The predicted molar refractivity (Wildman–Crippen MR) is 173 cm³/mol. The highest BCUT2D eigenvalue weighted by molar-refractivity contribution is 6.33. The van der Waals surface area contributed by atoms with E-state index in [0.717, 1.165) is 24.6 Å². The second kappa shape index (κ2) is 13.9. The molecule has 6 rings (SSSR count). The van der Waals surface area contributed by atoms with Crippen LogP contribution in [0.25, 0.3) is 22.6 Å². The van der Waals surface area contributed by atoms with Crippen LogP contribution in [-0.4, -0.2) is 101 Å². The lowest BCUT2D eigenvalue weighted by Gasteiger charge is -2.36. The van der Waals surface area contributed by atoms with E-state index < -0.39 is 24.5 Å². The number of aromatic nitrogens is 8. The fraction of sp³-hybridized carbons (Fsp3) is 0.500. The standard InChI is InChI=1S/C30H38ClN11O7/c1-40-14-18(9-36-40)23-11-33-24(12-32-23)42(28(43)35-16-29(44,45)46)20-7-5-19(6-8-20)37-27-34-10-21(30(47,48)49)25(38-27)26-22(31)15-41(39-26)13-17-3-2-4-17/h9-12,14-15,17,19-20,44-49H,2-8,13,16H2,1H3,(H,35,43)(H,34,37,38)/t19-,20-. The lowest BCUT2D eigenvalue weighted by Crippen LogP contribution is -2.52. The minimum atomic E-state index is -3.24. The molecule has 4 aromatic rings. The van der Waals surface area contributed by atoms with Crippen LogP contribution in [0.4, 0.5) is 16.6 Å². The molecule has 0 unspecified atom stereocenters. The molecule has 0 spiro atoms. The lowest BCUT2D eigenvalue weighted by molar-refractivity contribution is -0.323. The smallest absolute Gasteiger partial charge is 0.323 e. The molecule has 8 N–H and O–H groups in total. The normalized spacial score (nSPS) is 18.6. The molecule has 2 amide bonds. The van der Waals surface area contributed by atoms with E-state index in [9.17, 15) is 35.4 Å². The molecule has 2 aliphatic rings.